The molecule has 0 aliphatic heterocycles. The summed E-state index contributed by atoms with van der Waals surface area (Å²) in [5.74, 6) is 2.26. The van der Waals surface area contributed by atoms with Crippen LogP contribution in [0.5, 0.6) is 5.75 Å². The predicted molar refractivity (Wildman–Crippen MR) is 121 cm³/mol. The minimum absolute atomic E-state index is 0.159. The summed E-state index contributed by atoms with van der Waals surface area (Å²) >= 11 is 1.70. The molecule has 3 aromatic rings. The highest BCUT2D eigenvalue weighted by atomic mass is 32.2. The smallest absolute Gasteiger partial charge is 0.251 e. The van der Waals surface area contributed by atoms with Crippen LogP contribution in [0.1, 0.15) is 47.1 Å². The molecule has 1 N–H and O–H groups in total. The van der Waals surface area contributed by atoms with E-state index in [4.69, 9.17) is 4.74 Å². The molecule has 0 atom stereocenters. The van der Waals surface area contributed by atoms with E-state index in [9.17, 15) is 4.79 Å². The van der Waals surface area contributed by atoms with E-state index in [0.29, 0.717) is 17.9 Å². The summed E-state index contributed by atoms with van der Waals surface area (Å²) in [6.07, 6.45) is 2.25. The summed E-state index contributed by atoms with van der Waals surface area (Å²) in [6.45, 7) is 6.67. The van der Waals surface area contributed by atoms with Gasteiger partial charge < -0.3 is 10.1 Å². The normalized spacial score (nSPS) is 10.8. The Morgan fingerprint density at radius 3 is 2.60 bits per heavy atom. The quantitative estimate of drug-likeness (QED) is 0.398. The number of aromatic nitrogens is 3. The lowest BCUT2D eigenvalue weighted by Gasteiger charge is -2.15. The van der Waals surface area contributed by atoms with E-state index in [1.54, 1.807) is 43.1 Å². The van der Waals surface area contributed by atoms with Crippen LogP contribution in [-0.2, 0) is 6.54 Å². The predicted octanol–water partition coefficient (Wildman–Crippen LogP) is 4.71. The van der Waals surface area contributed by atoms with Crippen LogP contribution in [0.15, 0.2) is 47.6 Å². The molecular formula is C23H28N4O2S. The number of unbranched alkanes of at least 4 members (excludes halogenated alkanes) is 1. The summed E-state index contributed by atoms with van der Waals surface area (Å²) in [5, 5.41) is 12.6. The maximum Gasteiger partial charge on any atom is 0.251 e. The lowest BCUT2D eigenvalue weighted by atomic mass is 10.1. The molecule has 0 aliphatic rings. The van der Waals surface area contributed by atoms with E-state index < -0.39 is 0 Å². The number of thioether (sulfide) groups is 1. The Kier molecular flexibility index (Phi) is 7.52. The highest BCUT2D eigenvalue weighted by molar-refractivity contribution is 7.99. The van der Waals surface area contributed by atoms with Crippen molar-refractivity contribution < 1.29 is 9.53 Å². The Bertz CT molecular complexity index is 999. The maximum atomic E-state index is 12.6. The average Bonchev–Trinajstić information content (AvgIpc) is 3.16. The summed E-state index contributed by atoms with van der Waals surface area (Å²) < 4.78 is 7.22. The van der Waals surface area contributed by atoms with Gasteiger partial charge in [-0.3, -0.25) is 9.36 Å². The van der Waals surface area contributed by atoms with E-state index in [0.717, 1.165) is 35.2 Å². The fraction of sp³-hybridized carbons (Fsp3) is 0.348. The van der Waals surface area contributed by atoms with Gasteiger partial charge in [-0.1, -0.05) is 37.2 Å². The van der Waals surface area contributed by atoms with Crippen LogP contribution in [-0.4, -0.2) is 33.5 Å². The lowest BCUT2D eigenvalue weighted by Crippen LogP contribution is -2.24. The van der Waals surface area contributed by atoms with Crippen molar-refractivity contribution in [3.63, 3.8) is 0 Å². The summed E-state index contributed by atoms with van der Waals surface area (Å²) in [4.78, 5) is 12.6. The minimum Gasteiger partial charge on any atom is -0.497 e. The second-order valence-corrected chi connectivity index (χ2v) is 8.13. The number of carbonyl (C=O) groups excluding carboxylic acids is 1. The van der Waals surface area contributed by atoms with Gasteiger partial charge in [0.15, 0.2) is 11.0 Å². The Balaban J connectivity index is 1.84. The number of nitrogens with zero attached hydrogens (tertiary/aromatic N) is 3. The summed E-state index contributed by atoms with van der Waals surface area (Å²) in [6, 6.07) is 13.2. The SMILES string of the molecule is CCCCSc1nnc(CNC(=O)c2ccc(OC)cc2)n1-c1cccc(C)c1C. The molecule has 0 saturated heterocycles. The second kappa shape index (κ2) is 10.3. The highest BCUT2D eigenvalue weighted by Crippen LogP contribution is 2.26. The van der Waals surface area contributed by atoms with Crippen molar-refractivity contribution in [1.82, 2.24) is 20.1 Å². The molecule has 6 nitrogen and oxygen atoms in total. The molecule has 2 aromatic carbocycles. The van der Waals surface area contributed by atoms with Gasteiger partial charge in [-0.05, 0) is 61.7 Å². The Morgan fingerprint density at radius 2 is 1.90 bits per heavy atom. The van der Waals surface area contributed by atoms with Crippen molar-refractivity contribution in [3.05, 3.63) is 65.0 Å². The molecule has 0 fully saturated rings. The fourth-order valence-electron chi connectivity index (χ4n) is 3.04. The fourth-order valence-corrected chi connectivity index (χ4v) is 4.09. The van der Waals surface area contributed by atoms with Crippen molar-refractivity contribution in [2.45, 2.75) is 45.3 Å². The van der Waals surface area contributed by atoms with Gasteiger partial charge in [0, 0.05) is 11.3 Å². The molecule has 1 aromatic heterocycles. The van der Waals surface area contributed by atoms with Crippen molar-refractivity contribution in [1.29, 1.82) is 0 Å². The first-order valence-corrected chi connectivity index (χ1v) is 11.1. The van der Waals surface area contributed by atoms with Gasteiger partial charge in [-0.15, -0.1) is 10.2 Å². The number of rotatable bonds is 9. The molecule has 0 spiro atoms. The zero-order valence-electron chi connectivity index (χ0n) is 17.9. The first-order chi connectivity index (χ1) is 14.5. The van der Waals surface area contributed by atoms with Crippen LogP contribution in [0.3, 0.4) is 0 Å². The Labute approximate surface area is 182 Å². The molecule has 0 saturated carbocycles. The van der Waals surface area contributed by atoms with Gasteiger partial charge in [0.25, 0.3) is 5.91 Å². The van der Waals surface area contributed by atoms with Crippen molar-refractivity contribution in [3.8, 4) is 11.4 Å². The van der Waals surface area contributed by atoms with Crippen LogP contribution in [0.25, 0.3) is 5.69 Å². The van der Waals surface area contributed by atoms with E-state index >= 15 is 0 Å². The standard InChI is InChI=1S/C23H28N4O2S/c1-5-6-14-30-23-26-25-21(27(23)20-9-7-8-16(2)17(20)3)15-24-22(28)18-10-12-19(29-4)13-11-18/h7-13H,5-6,14-15H2,1-4H3,(H,24,28). The number of amides is 1. The second-order valence-electron chi connectivity index (χ2n) is 7.07. The van der Waals surface area contributed by atoms with Crippen LogP contribution in [0.2, 0.25) is 0 Å². The van der Waals surface area contributed by atoms with Crippen LogP contribution >= 0.6 is 11.8 Å². The van der Waals surface area contributed by atoms with E-state index in [1.807, 2.05) is 6.07 Å². The van der Waals surface area contributed by atoms with Gasteiger partial charge in [-0.25, -0.2) is 0 Å². The Morgan fingerprint density at radius 1 is 1.13 bits per heavy atom. The summed E-state index contributed by atoms with van der Waals surface area (Å²) in [7, 11) is 1.60. The third-order valence-corrected chi connectivity index (χ3v) is 6.02. The Hall–Kier alpha value is -2.80. The topological polar surface area (TPSA) is 69.0 Å². The number of hydrogen-bond acceptors (Lipinski definition) is 5. The molecule has 0 bridgehead atoms. The zero-order valence-corrected chi connectivity index (χ0v) is 18.8. The average molecular weight is 425 g/mol. The summed E-state index contributed by atoms with van der Waals surface area (Å²) in [5.41, 5.74) is 4.01. The maximum absolute atomic E-state index is 12.6. The molecular weight excluding hydrogens is 396 g/mol. The molecule has 0 aliphatic carbocycles. The lowest BCUT2D eigenvalue weighted by molar-refractivity contribution is 0.0949. The number of hydrogen-bond donors (Lipinski definition) is 1. The van der Waals surface area contributed by atoms with E-state index in [2.05, 4.69) is 53.0 Å². The number of aryl methyl sites for hydroxylation is 1. The number of nitrogens with one attached hydrogen (secondary N) is 1. The third-order valence-electron chi connectivity index (χ3n) is 5.01. The number of methoxy groups -OCH3 is 1. The van der Waals surface area contributed by atoms with Crippen LogP contribution < -0.4 is 10.1 Å². The number of benzene rings is 2. The molecule has 1 heterocycles. The van der Waals surface area contributed by atoms with Crippen molar-refractivity contribution in [2.24, 2.45) is 0 Å². The molecule has 0 radical (unpaired) electrons. The van der Waals surface area contributed by atoms with Gasteiger partial charge in [-0.2, -0.15) is 0 Å². The molecule has 3 rings (SSSR count). The monoisotopic (exact) mass is 424 g/mol. The van der Waals surface area contributed by atoms with Crippen molar-refractivity contribution in [2.75, 3.05) is 12.9 Å². The van der Waals surface area contributed by atoms with Gasteiger partial charge in [0.2, 0.25) is 0 Å². The number of ether oxygens (including phenoxy) is 1. The van der Waals surface area contributed by atoms with Crippen molar-refractivity contribution >= 4 is 17.7 Å². The first-order valence-electron chi connectivity index (χ1n) is 10.1. The molecule has 1 amide bonds. The largest absolute Gasteiger partial charge is 0.497 e. The molecule has 30 heavy (non-hydrogen) atoms. The van der Waals surface area contributed by atoms with E-state index in [-0.39, 0.29) is 5.91 Å². The molecule has 0 unspecified atom stereocenters. The number of carbonyl (C=O) groups is 1. The highest BCUT2D eigenvalue weighted by Gasteiger charge is 2.17. The third kappa shape index (κ3) is 5.02. The van der Waals surface area contributed by atoms with Gasteiger partial charge in [0.05, 0.1) is 19.3 Å². The van der Waals surface area contributed by atoms with Crippen LogP contribution in [0.4, 0.5) is 0 Å². The molecule has 158 valence electrons. The zero-order chi connectivity index (χ0) is 21.5. The van der Waals surface area contributed by atoms with Gasteiger partial charge in [0.1, 0.15) is 5.75 Å². The molecule has 7 heteroatoms. The van der Waals surface area contributed by atoms with Crippen LogP contribution in [0, 0.1) is 13.8 Å². The van der Waals surface area contributed by atoms with E-state index in [1.165, 1.54) is 11.1 Å². The minimum atomic E-state index is -0.159. The van der Waals surface area contributed by atoms with Gasteiger partial charge >= 0.3 is 0 Å². The first kappa shape index (κ1) is 21.9.